The van der Waals surface area contributed by atoms with Gasteiger partial charge in [-0.3, -0.25) is 0 Å². The second kappa shape index (κ2) is 27.9. The molecule has 0 fully saturated rings. The number of carbonyl (C=O) groups excluding carboxylic acids is 8. The van der Waals surface area contributed by atoms with Gasteiger partial charge in [-0.15, -0.1) is 0 Å². The minimum absolute atomic E-state index is 0.118. The molecular formula is C32H52O20Sn. The van der Waals surface area contributed by atoms with Gasteiger partial charge in [-0.05, 0) is 0 Å². The molecule has 0 aromatic carbocycles. The van der Waals surface area contributed by atoms with Crippen molar-refractivity contribution in [1.29, 1.82) is 0 Å². The van der Waals surface area contributed by atoms with Crippen molar-refractivity contribution in [2.24, 2.45) is 0 Å². The van der Waals surface area contributed by atoms with Crippen LogP contribution in [0.2, 0.25) is 0 Å². The summed E-state index contributed by atoms with van der Waals surface area (Å²) in [5.74, 6) is -11.8. The van der Waals surface area contributed by atoms with Crippen molar-refractivity contribution in [3.63, 3.8) is 0 Å². The van der Waals surface area contributed by atoms with E-state index in [1.54, 1.807) is 27.7 Å². The maximum absolute atomic E-state index is 13.0. The number of hydrogen-bond acceptors (Lipinski definition) is 20. The van der Waals surface area contributed by atoms with E-state index in [9.17, 15) is 58.8 Å². The summed E-state index contributed by atoms with van der Waals surface area (Å²) in [5, 5.41) is 40.8. The van der Waals surface area contributed by atoms with E-state index in [0.29, 0.717) is 51.4 Å². The Bertz CT molecular complexity index is 1010. The molecule has 304 valence electrons. The number of aliphatic hydroxyl groups is 4. The third kappa shape index (κ3) is 22.3. The quantitative estimate of drug-likeness (QED) is 0.0347. The predicted octanol–water partition coefficient (Wildman–Crippen LogP) is -0.0280. The zero-order valence-electron chi connectivity index (χ0n) is 30.4. The fourth-order valence-electron chi connectivity index (χ4n) is 3.47. The number of unbranched alkanes of at least 4 members (excludes halogenated alkanes) is 4. The van der Waals surface area contributed by atoms with Crippen molar-refractivity contribution in [1.82, 2.24) is 0 Å². The molecule has 0 aliphatic rings. The van der Waals surface area contributed by atoms with E-state index in [2.05, 4.69) is 0 Å². The summed E-state index contributed by atoms with van der Waals surface area (Å²) in [6, 6.07) is 0. The Hall–Kier alpha value is -3.60. The van der Waals surface area contributed by atoms with E-state index in [-0.39, 0.29) is 26.4 Å². The Labute approximate surface area is 312 Å². The third-order valence-electron chi connectivity index (χ3n) is 6.45. The zero-order chi connectivity index (χ0) is 40.4. The summed E-state index contributed by atoms with van der Waals surface area (Å²) in [7, 11) is 0. The van der Waals surface area contributed by atoms with Gasteiger partial charge in [0.1, 0.15) is 0 Å². The SMILES string of the molecule is CCCCOC(=O)C(O)CC(=O)[O][Sn]([O]C(=O)CC(O)C(=O)OCCCC)([O]C(=O)CC(O)C(=O)OCCCC)[O]C(=O)CC(O)C(=O)OCCCC. The van der Waals surface area contributed by atoms with Gasteiger partial charge >= 0.3 is 313 Å². The molecule has 0 aromatic rings. The maximum atomic E-state index is 13.0. The van der Waals surface area contributed by atoms with Crippen LogP contribution in [0.3, 0.4) is 0 Å². The van der Waals surface area contributed by atoms with Gasteiger partial charge in [0, 0.05) is 0 Å². The van der Waals surface area contributed by atoms with E-state index in [4.69, 9.17) is 31.2 Å². The average Bonchev–Trinajstić information content (AvgIpc) is 3.07. The van der Waals surface area contributed by atoms with Crippen LogP contribution in [0.15, 0.2) is 0 Å². The summed E-state index contributed by atoms with van der Waals surface area (Å²) in [6.07, 6.45) is -9.63. The van der Waals surface area contributed by atoms with Crippen LogP contribution in [0.1, 0.15) is 105 Å². The molecule has 0 amide bonds. The molecule has 0 aliphatic carbocycles. The molecule has 0 radical (unpaired) electrons. The molecule has 4 N–H and O–H groups in total. The molecule has 0 aliphatic heterocycles. The van der Waals surface area contributed by atoms with E-state index < -0.39 is 118 Å². The molecule has 21 heteroatoms. The van der Waals surface area contributed by atoms with Crippen molar-refractivity contribution >= 4 is 67.8 Å². The number of esters is 4. The van der Waals surface area contributed by atoms with Crippen LogP contribution in [-0.4, -0.2) is 139 Å². The fraction of sp³-hybridized carbons (Fsp3) is 0.750. The van der Waals surface area contributed by atoms with Crippen LogP contribution in [0.5, 0.6) is 0 Å². The van der Waals surface area contributed by atoms with E-state index in [0.717, 1.165) is 0 Å². The van der Waals surface area contributed by atoms with Crippen LogP contribution in [-0.2, 0) is 69.6 Å². The molecule has 0 spiro atoms. The number of carbonyl (C=O) groups is 8. The van der Waals surface area contributed by atoms with Crippen molar-refractivity contribution in [3.05, 3.63) is 0 Å². The Morgan fingerprint density at radius 2 is 0.585 bits per heavy atom. The Kier molecular flexibility index (Phi) is 26.0. The van der Waals surface area contributed by atoms with Gasteiger partial charge in [0.05, 0.1) is 0 Å². The first kappa shape index (κ1) is 49.4. The molecule has 0 heterocycles. The van der Waals surface area contributed by atoms with Gasteiger partial charge in [-0.25, -0.2) is 0 Å². The van der Waals surface area contributed by atoms with Crippen molar-refractivity contribution in [2.45, 2.75) is 129 Å². The van der Waals surface area contributed by atoms with Crippen molar-refractivity contribution < 1.29 is 90.0 Å². The third-order valence-corrected chi connectivity index (χ3v) is 11.9. The first-order valence-electron chi connectivity index (χ1n) is 17.3. The van der Waals surface area contributed by atoms with Gasteiger partial charge in [-0.2, -0.15) is 0 Å². The molecule has 53 heavy (non-hydrogen) atoms. The molecular weight excluding hydrogens is 823 g/mol. The number of rotatable bonds is 28. The molecule has 20 nitrogen and oxygen atoms in total. The Morgan fingerprint density at radius 1 is 0.396 bits per heavy atom. The molecule has 0 bridgehead atoms. The number of aliphatic hydroxyl groups excluding tert-OH is 4. The van der Waals surface area contributed by atoms with Crippen LogP contribution in [0, 0.1) is 0 Å². The topological polar surface area (TPSA) is 291 Å². The molecule has 0 saturated carbocycles. The predicted molar refractivity (Wildman–Crippen MR) is 176 cm³/mol. The van der Waals surface area contributed by atoms with Crippen molar-refractivity contribution in [2.75, 3.05) is 26.4 Å². The van der Waals surface area contributed by atoms with Crippen molar-refractivity contribution in [3.8, 4) is 0 Å². The number of hydrogen-bond donors (Lipinski definition) is 4. The minimum atomic E-state index is -7.08. The Morgan fingerprint density at radius 3 is 0.755 bits per heavy atom. The number of ether oxygens (including phenoxy) is 4. The second-order valence-electron chi connectivity index (χ2n) is 11.4. The van der Waals surface area contributed by atoms with Gasteiger partial charge in [0.15, 0.2) is 0 Å². The first-order valence-corrected chi connectivity index (χ1v) is 22.0. The van der Waals surface area contributed by atoms with Gasteiger partial charge in [-0.1, -0.05) is 0 Å². The standard InChI is InChI=1S/4C8H14O5.Sn/c4*1-2-3-4-13-8(12)6(9)5-7(10)11;/h4*6,9H,2-5H2,1H3,(H,10,11);/q;;;;+4/p-4. The van der Waals surface area contributed by atoms with E-state index in [1.165, 1.54) is 0 Å². The summed E-state index contributed by atoms with van der Waals surface area (Å²) in [5.41, 5.74) is 0. The van der Waals surface area contributed by atoms with Crippen LogP contribution >= 0.6 is 0 Å². The van der Waals surface area contributed by atoms with E-state index in [1.807, 2.05) is 0 Å². The molecule has 0 saturated heterocycles. The van der Waals surface area contributed by atoms with E-state index >= 15 is 0 Å². The monoisotopic (exact) mass is 876 g/mol. The fourth-order valence-corrected chi connectivity index (χ4v) is 8.32. The summed E-state index contributed by atoms with van der Waals surface area (Å²) < 4.78 is 39.5. The normalized spacial score (nSPS) is 14.2. The molecule has 0 rings (SSSR count). The summed E-state index contributed by atoms with van der Waals surface area (Å²) >= 11 is -7.08. The summed E-state index contributed by atoms with van der Waals surface area (Å²) in [6.45, 7) is 6.68. The first-order chi connectivity index (χ1) is 25.0. The Balaban J connectivity index is 6.55. The van der Waals surface area contributed by atoms with Gasteiger partial charge < -0.3 is 0 Å². The van der Waals surface area contributed by atoms with Crippen LogP contribution < -0.4 is 0 Å². The molecule has 0 aromatic heterocycles. The van der Waals surface area contributed by atoms with Gasteiger partial charge in [0.2, 0.25) is 0 Å². The van der Waals surface area contributed by atoms with Crippen LogP contribution in [0.4, 0.5) is 0 Å². The zero-order valence-corrected chi connectivity index (χ0v) is 33.3. The molecule has 4 atom stereocenters. The van der Waals surface area contributed by atoms with Gasteiger partial charge in [0.25, 0.3) is 0 Å². The molecule has 4 unspecified atom stereocenters. The summed E-state index contributed by atoms with van der Waals surface area (Å²) in [4.78, 5) is 101. The van der Waals surface area contributed by atoms with Crippen LogP contribution in [0.25, 0.3) is 0 Å². The second-order valence-corrected chi connectivity index (χ2v) is 16.5. The average molecular weight is 875 g/mol.